The second-order valence-corrected chi connectivity index (χ2v) is 6.81. The molecule has 134 valence electrons. The molecule has 2 amide bonds. The number of rotatable bonds is 4. The van der Waals surface area contributed by atoms with E-state index in [-0.39, 0.29) is 29.6 Å². The molecule has 0 unspecified atom stereocenters. The van der Waals surface area contributed by atoms with E-state index in [9.17, 15) is 22.8 Å². The van der Waals surface area contributed by atoms with Crippen LogP contribution in [0.15, 0.2) is 18.2 Å². The van der Waals surface area contributed by atoms with E-state index in [1.165, 1.54) is 6.07 Å². The topological polar surface area (TPSA) is 49.4 Å². The largest absolute Gasteiger partial charge is 0.418 e. The van der Waals surface area contributed by atoms with Gasteiger partial charge in [-0.15, -0.1) is 0 Å². The summed E-state index contributed by atoms with van der Waals surface area (Å²) in [5.74, 6) is -0.942. The molecule has 0 fully saturated rings. The minimum atomic E-state index is -4.67. The van der Waals surface area contributed by atoms with Gasteiger partial charge >= 0.3 is 6.18 Å². The van der Waals surface area contributed by atoms with Gasteiger partial charge in [-0.1, -0.05) is 11.6 Å². The Morgan fingerprint density at radius 2 is 1.79 bits per heavy atom. The first-order chi connectivity index (χ1) is 10.8. The quantitative estimate of drug-likeness (QED) is 0.877. The Morgan fingerprint density at radius 1 is 1.21 bits per heavy atom. The molecule has 1 N–H and O–H groups in total. The molecule has 0 aliphatic rings. The molecule has 0 aliphatic carbocycles. The lowest BCUT2D eigenvalue weighted by Crippen LogP contribution is -2.42. The first-order valence-electron chi connectivity index (χ1n) is 7.27. The van der Waals surface area contributed by atoms with Gasteiger partial charge in [0, 0.05) is 30.5 Å². The number of hydrogen-bond acceptors (Lipinski definition) is 2. The molecule has 24 heavy (non-hydrogen) atoms. The number of nitrogens with one attached hydrogen (secondary N) is 1. The van der Waals surface area contributed by atoms with Crippen molar-refractivity contribution in [2.45, 2.75) is 45.8 Å². The molecule has 1 aromatic carbocycles. The molecule has 0 aliphatic heterocycles. The lowest BCUT2D eigenvalue weighted by atomic mass is 10.1. The van der Waals surface area contributed by atoms with Gasteiger partial charge in [0.1, 0.15) is 0 Å². The van der Waals surface area contributed by atoms with Crippen molar-refractivity contribution in [1.29, 1.82) is 0 Å². The molecular weight excluding hydrogens is 345 g/mol. The molecule has 0 aromatic heterocycles. The van der Waals surface area contributed by atoms with Crippen LogP contribution in [-0.4, -0.2) is 23.9 Å². The maximum Gasteiger partial charge on any atom is 0.418 e. The molecule has 0 spiro atoms. The summed E-state index contributed by atoms with van der Waals surface area (Å²) in [5, 5.41) is 2.62. The van der Waals surface area contributed by atoms with Gasteiger partial charge in [-0.3, -0.25) is 9.59 Å². The first kappa shape index (κ1) is 20.3. The van der Waals surface area contributed by atoms with Crippen molar-refractivity contribution >= 4 is 29.1 Å². The highest BCUT2D eigenvalue weighted by Crippen LogP contribution is 2.38. The lowest BCUT2D eigenvalue weighted by molar-refractivity contribution is -0.137. The summed E-state index contributed by atoms with van der Waals surface area (Å²) in [6.07, 6.45) is -4.78. The van der Waals surface area contributed by atoms with Crippen LogP contribution in [0.4, 0.5) is 18.9 Å². The highest BCUT2D eigenvalue weighted by molar-refractivity contribution is 6.30. The summed E-state index contributed by atoms with van der Waals surface area (Å²) in [5.41, 5.74) is -1.79. The summed E-state index contributed by atoms with van der Waals surface area (Å²) in [4.78, 5) is 24.6. The Labute approximate surface area is 144 Å². The molecule has 0 saturated heterocycles. The highest BCUT2D eigenvalue weighted by Gasteiger charge is 2.36. The highest BCUT2D eigenvalue weighted by atomic mass is 35.5. The maximum absolute atomic E-state index is 13.2. The van der Waals surface area contributed by atoms with Crippen LogP contribution in [-0.2, 0) is 15.8 Å². The van der Waals surface area contributed by atoms with Crippen LogP contribution in [0.5, 0.6) is 0 Å². The summed E-state index contributed by atoms with van der Waals surface area (Å²) < 4.78 is 39.6. The molecule has 4 nitrogen and oxygen atoms in total. The molecule has 0 saturated carbocycles. The van der Waals surface area contributed by atoms with E-state index in [4.69, 9.17) is 11.6 Å². The van der Waals surface area contributed by atoms with Crippen molar-refractivity contribution in [3.63, 3.8) is 0 Å². The minimum Gasteiger partial charge on any atom is -0.351 e. The van der Waals surface area contributed by atoms with Gasteiger partial charge in [0.05, 0.1) is 11.3 Å². The maximum atomic E-state index is 13.2. The number of alkyl halides is 3. The average molecular weight is 365 g/mol. The van der Waals surface area contributed by atoms with E-state index < -0.39 is 23.2 Å². The van der Waals surface area contributed by atoms with Crippen LogP contribution in [0, 0.1) is 0 Å². The molecule has 1 aromatic rings. The van der Waals surface area contributed by atoms with E-state index in [0.717, 1.165) is 24.0 Å². The lowest BCUT2D eigenvalue weighted by Gasteiger charge is -2.26. The van der Waals surface area contributed by atoms with Gasteiger partial charge in [0.25, 0.3) is 0 Å². The third-order valence-corrected chi connectivity index (χ3v) is 3.25. The third kappa shape index (κ3) is 6.03. The van der Waals surface area contributed by atoms with E-state index in [0.29, 0.717) is 0 Å². The van der Waals surface area contributed by atoms with Crippen LogP contribution < -0.4 is 10.2 Å². The number of anilines is 1. The predicted octanol–water partition coefficient (Wildman–Crippen LogP) is 4.02. The minimum absolute atomic E-state index is 0.0833. The number of benzene rings is 1. The number of hydrogen-bond donors (Lipinski definition) is 1. The van der Waals surface area contributed by atoms with Gasteiger partial charge in [-0.2, -0.15) is 13.2 Å². The summed E-state index contributed by atoms with van der Waals surface area (Å²) >= 11 is 5.64. The van der Waals surface area contributed by atoms with Crippen molar-refractivity contribution in [2.75, 3.05) is 11.4 Å². The van der Waals surface area contributed by atoms with Crippen LogP contribution in [0.1, 0.15) is 39.7 Å². The van der Waals surface area contributed by atoms with E-state index in [2.05, 4.69) is 5.32 Å². The average Bonchev–Trinajstić information content (AvgIpc) is 2.36. The summed E-state index contributed by atoms with van der Waals surface area (Å²) in [7, 11) is 0. The molecule has 0 bridgehead atoms. The smallest absolute Gasteiger partial charge is 0.351 e. The zero-order chi connectivity index (χ0) is 18.7. The van der Waals surface area contributed by atoms with E-state index >= 15 is 0 Å². The van der Waals surface area contributed by atoms with Crippen LogP contribution >= 0.6 is 11.6 Å². The van der Waals surface area contributed by atoms with E-state index in [1.54, 1.807) is 20.8 Å². The first-order valence-corrected chi connectivity index (χ1v) is 7.65. The van der Waals surface area contributed by atoms with Gasteiger partial charge in [0.2, 0.25) is 11.8 Å². The number of nitrogens with zero attached hydrogens (tertiary/aromatic N) is 1. The second kappa shape index (κ2) is 7.42. The van der Waals surface area contributed by atoms with Crippen molar-refractivity contribution in [2.24, 2.45) is 0 Å². The van der Waals surface area contributed by atoms with Crippen molar-refractivity contribution in [3.05, 3.63) is 28.8 Å². The van der Waals surface area contributed by atoms with E-state index in [1.807, 2.05) is 0 Å². The zero-order valence-corrected chi connectivity index (χ0v) is 14.7. The molecular formula is C16H20ClF3N2O2. The van der Waals surface area contributed by atoms with Gasteiger partial charge in [-0.25, -0.2) is 0 Å². The number of amides is 2. The zero-order valence-electron chi connectivity index (χ0n) is 13.9. The molecule has 0 heterocycles. The third-order valence-electron chi connectivity index (χ3n) is 3.01. The molecule has 0 atom stereocenters. The SMILES string of the molecule is CC(=O)N(CCC(=O)NC(C)(C)C)c1ccc(Cl)cc1C(F)(F)F. The second-order valence-electron chi connectivity index (χ2n) is 6.38. The fraction of sp³-hybridized carbons (Fsp3) is 0.500. The molecule has 0 radical (unpaired) electrons. The van der Waals surface area contributed by atoms with Gasteiger partial charge < -0.3 is 10.2 Å². The van der Waals surface area contributed by atoms with Crippen LogP contribution in [0.3, 0.4) is 0 Å². The van der Waals surface area contributed by atoms with Crippen molar-refractivity contribution in [1.82, 2.24) is 5.32 Å². The molecule has 1 rings (SSSR count). The standard InChI is InChI=1S/C16H20ClF3N2O2/c1-10(23)22(8-7-14(24)21-15(2,3)4)13-6-5-11(17)9-12(13)16(18,19)20/h5-6,9H,7-8H2,1-4H3,(H,21,24). The van der Waals surface area contributed by atoms with Gasteiger partial charge in [0.15, 0.2) is 0 Å². The number of halogens is 4. The summed E-state index contributed by atoms with van der Waals surface area (Å²) in [6.45, 7) is 6.34. The van der Waals surface area contributed by atoms with Crippen molar-refractivity contribution in [3.8, 4) is 0 Å². The van der Waals surface area contributed by atoms with Crippen LogP contribution in [0.2, 0.25) is 5.02 Å². The molecule has 8 heteroatoms. The Bertz CT molecular complexity index is 625. The monoisotopic (exact) mass is 364 g/mol. The fourth-order valence-electron chi connectivity index (χ4n) is 2.11. The number of carbonyl (C=O) groups excluding carboxylic acids is 2. The Balaban J connectivity index is 3.06. The Morgan fingerprint density at radius 3 is 2.25 bits per heavy atom. The predicted molar refractivity (Wildman–Crippen MR) is 87.0 cm³/mol. The fourth-order valence-corrected chi connectivity index (χ4v) is 2.28. The Hall–Kier alpha value is -1.76. The Kier molecular flexibility index (Phi) is 6.27. The van der Waals surface area contributed by atoms with Crippen LogP contribution in [0.25, 0.3) is 0 Å². The summed E-state index contributed by atoms with van der Waals surface area (Å²) in [6, 6.07) is 3.17. The number of carbonyl (C=O) groups is 2. The normalized spacial score (nSPS) is 12.0. The van der Waals surface area contributed by atoms with Gasteiger partial charge in [-0.05, 0) is 39.0 Å². The van der Waals surface area contributed by atoms with Crippen molar-refractivity contribution < 1.29 is 22.8 Å².